The number of halogens is 2. The summed E-state index contributed by atoms with van der Waals surface area (Å²) in [4.78, 5) is 13.3. The Morgan fingerprint density at radius 2 is 1.80 bits per heavy atom. The number of anilines is 1. The average Bonchev–Trinajstić information content (AvgIpc) is 3.76. The number of rotatable bonds is 7. The minimum absolute atomic E-state index is 0.00549. The molecule has 2 atom stereocenters. The highest BCUT2D eigenvalue weighted by Gasteiger charge is 2.52. The molecule has 0 radical (unpaired) electrons. The second kappa shape index (κ2) is 10.5. The molecule has 3 heterocycles. The zero-order chi connectivity index (χ0) is 30.8. The van der Waals surface area contributed by atoms with Crippen LogP contribution in [-0.2, 0) is 22.2 Å². The van der Waals surface area contributed by atoms with Gasteiger partial charge in [0, 0.05) is 41.5 Å². The first-order chi connectivity index (χ1) is 21.0. The number of amides is 1. The van der Waals surface area contributed by atoms with Crippen LogP contribution in [-0.4, -0.2) is 35.2 Å². The number of carbonyl (C=O) groups is 1. The molecule has 2 saturated carbocycles. The van der Waals surface area contributed by atoms with Crippen molar-refractivity contribution in [2.24, 2.45) is 11.8 Å². The quantitative estimate of drug-likeness (QED) is 0.255. The Balaban J connectivity index is 1.13. The average molecular weight is 621 g/mol. The molecule has 2 bridgehead atoms. The second-order valence-corrected chi connectivity index (χ2v) is 13.6. The van der Waals surface area contributed by atoms with Crippen molar-refractivity contribution in [2.45, 2.75) is 55.7 Å². The molecule has 44 heavy (non-hydrogen) atoms. The third kappa shape index (κ3) is 4.77. The van der Waals surface area contributed by atoms with Crippen molar-refractivity contribution in [3.05, 3.63) is 95.0 Å². The topological polar surface area (TPSA) is 126 Å². The number of nitrogens with one attached hydrogen (secondary N) is 2. The lowest BCUT2D eigenvalue weighted by atomic mass is 9.73. The van der Waals surface area contributed by atoms with Gasteiger partial charge in [-0.15, -0.1) is 0 Å². The highest BCUT2D eigenvalue weighted by atomic mass is 32.2. The van der Waals surface area contributed by atoms with Crippen molar-refractivity contribution >= 4 is 27.7 Å². The SMILES string of the molecule is Cc1c(S(=O)(=O)NC2C3CCC2CC(O)(c2cc(-c4ccccc4)on2)C3)c2n(c1C(=O)Nc1ccc(F)c(F)c1)CC=C2. The highest BCUT2D eigenvalue weighted by molar-refractivity contribution is 7.89. The van der Waals surface area contributed by atoms with Gasteiger partial charge in [-0.2, -0.15) is 0 Å². The molecule has 2 fully saturated rings. The molecular formula is C32H30F2N4O5S. The predicted molar refractivity (Wildman–Crippen MR) is 158 cm³/mol. The van der Waals surface area contributed by atoms with E-state index in [0.717, 1.165) is 30.5 Å². The van der Waals surface area contributed by atoms with Crippen molar-refractivity contribution in [2.75, 3.05) is 5.32 Å². The van der Waals surface area contributed by atoms with Crippen molar-refractivity contribution < 1.29 is 31.6 Å². The van der Waals surface area contributed by atoms with Crippen LogP contribution in [0.15, 0.2) is 70.1 Å². The lowest BCUT2D eigenvalue weighted by Crippen LogP contribution is -2.49. The van der Waals surface area contributed by atoms with Gasteiger partial charge in [0.15, 0.2) is 17.4 Å². The number of benzene rings is 2. The maximum Gasteiger partial charge on any atom is 0.272 e. The lowest BCUT2D eigenvalue weighted by Gasteiger charge is -2.40. The van der Waals surface area contributed by atoms with E-state index in [1.54, 1.807) is 29.7 Å². The number of fused-ring (bicyclic) bond motifs is 3. The summed E-state index contributed by atoms with van der Waals surface area (Å²) >= 11 is 0. The van der Waals surface area contributed by atoms with Crippen molar-refractivity contribution in [1.82, 2.24) is 14.4 Å². The fraction of sp³-hybridized carbons (Fsp3) is 0.312. The van der Waals surface area contributed by atoms with E-state index in [2.05, 4.69) is 15.2 Å². The highest BCUT2D eigenvalue weighted by Crippen LogP contribution is 2.51. The van der Waals surface area contributed by atoms with Gasteiger partial charge in [-0.1, -0.05) is 41.6 Å². The molecule has 0 spiro atoms. The molecule has 2 unspecified atom stereocenters. The molecule has 7 rings (SSSR count). The summed E-state index contributed by atoms with van der Waals surface area (Å²) in [6.45, 7) is 1.85. The molecule has 1 amide bonds. The molecule has 2 aromatic carbocycles. The number of nitrogens with zero attached hydrogens (tertiary/aromatic N) is 2. The van der Waals surface area contributed by atoms with Crippen LogP contribution in [0.2, 0.25) is 0 Å². The van der Waals surface area contributed by atoms with Gasteiger partial charge in [-0.25, -0.2) is 21.9 Å². The summed E-state index contributed by atoms with van der Waals surface area (Å²) in [5.41, 5.74) is 0.849. The van der Waals surface area contributed by atoms with E-state index in [0.29, 0.717) is 30.0 Å². The van der Waals surface area contributed by atoms with Crippen LogP contribution >= 0.6 is 0 Å². The van der Waals surface area contributed by atoms with Crippen LogP contribution < -0.4 is 10.0 Å². The van der Waals surface area contributed by atoms with Gasteiger partial charge in [0.05, 0.1) is 5.69 Å². The monoisotopic (exact) mass is 620 g/mol. The molecule has 2 aromatic heterocycles. The number of hydrogen-bond donors (Lipinski definition) is 3. The van der Waals surface area contributed by atoms with E-state index in [-0.39, 0.29) is 40.2 Å². The van der Waals surface area contributed by atoms with E-state index in [9.17, 15) is 27.1 Å². The Labute approximate surface area is 252 Å². The lowest BCUT2D eigenvalue weighted by molar-refractivity contribution is -0.0398. The Hall–Kier alpha value is -4.13. The summed E-state index contributed by atoms with van der Waals surface area (Å²) in [6, 6.07) is 13.9. The Bertz CT molecular complexity index is 1900. The standard InChI is InChI=1S/C32H30F2N4O5S/c1-18-29(31(39)35-22-11-12-23(33)24(34)14-22)38-13-5-8-25(38)30(18)44(41,42)37-28-20-9-10-21(28)17-32(40,16-20)27-15-26(43-36-27)19-6-3-2-4-7-19/h2-8,11-12,14-15,20-21,28,37,40H,9-10,13,16-17H2,1H3,(H,35,39). The molecular weight excluding hydrogens is 590 g/mol. The molecule has 2 aliphatic carbocycles. The second-order valence-electron chi connectivity index (χ2n) is 11.9. The summed E-state index contributed by atoms with van der Waals surface area (Å²) in [6.07, 6.45) is 5.57. The normalized spacial score (nSPS) is 24.0. The summed E-state index contributed by atoms with van der Waals surface area (Å²) in [7, 11) is -4.10. The predicted octanol–water partition coefficient (Wildman–Crippen LogP) is 5.36. The van der Waals surface area contributed by atoms with E-state index >= 15 is 0 Å². The van der Waals surface area contributed by atoms with Crippen LogP contribution in [0.5, 0.6) is 0 Å². The number of carbonyl (C=O) groups excluding carboxylic acids is 1. The third-order valence-corrected chi connectivity index (χ3v) is 10.8. The molecule has 1 aliphatic heterocycles. The van der Waals surface area contributed by atoms with E-state index in [1.807, 2.05) is 30.3 Å². The van der Waals surface area contributed by atoms with Gasteiger partial charge < -0.3 is 19.5 Å². The van der Waals surface area contributed by atoms with Crippen LogP contribution in [0.3, 0.4) is 0 Å². The molecule has 3 N–H and O–H groups in total. The zero-order valence-electron chi connectivity index (χ0n) is 23.8. The van der Waals surface area contributed by atoms with Crippen molar-refractivity contribution in [1.29, 1.82) is 0 Å². The van der Waals surface area contributed by atoms with Gasteiger partial charge in [-0.05, 0) is 62.7 Å². The number of sulfonamides is 1. The number of allylic oxidation sites excluding steroid dienone is 1. The summed E-state index contributed by atoms with van der Waals surface area (Å²) < 4.78 is 65.2. The fourth-order valence-electron chi connectivity index (χ4n) is 7.22. The van der Waals surface area contributed by atoms with Crippen LogP contribution in [0.4, 0.5) is 14.5 Å². The van der Waals surface area contributed by atoms with E-state index in [4.69, 9.17) is 4.52 Å². The third-order valence-electron chi connectivity index (χ3n) is 9.17. The van der Waals surface area contributed by atoms with Gasteiger partial charge in [-0.3, -0.25) is 4.79 Å². The van der Waals surface area contributed by atoms with Crippen molar-refractivity contribution in [3.63, 3.8) is 0 Å². The van der Waals surface area contributed by atoms with Crippen LogP contribution in [0, 0.1) is 30.4 Å². The first-order valence-corrected chi connectivity index (χ1v) is 16.0. The molecule has 3 aliphatic rings. The Morgan fingerprint density at radius 1 is 1.07 bits per heavy atom. The number of hydrogen-bond acceptors (Lipinski definition) is 6. The Kier molecular flexibility index (Phi) is 6.83. The zero-order valence-corrected chi connectivity index (χ0v) is 24.6. The van der Waals surface area contributed by atoms with Gasteiger partial charge in [0.2, 0.25) is 10.0 Å². The van der Waals surface area contributed by atoms with Gasteiger partial charge >= 0.3 is 0 Å². The maximum absolute atomic E-state index is 14.0. The van der Waals surface area contributed by atoms with Crippen LogP contribution in [0.1, 0.15) is 53.1 Å². The minimum Gasteiger partial charge on any atom is -0.383 e. The first-order valence-electron chi connectivity index (χ1n) is 14.5. The van der Waals surface area contributed by atoms with Crippen molar-refractivity contribution in [3.8, 4) is 11.3 Å². The smallest absolute Gasteiger partial charge is 0.272 e. The van der Waals surface area contributed by atoms with E-state index < -0.39 is 39.2 Å². The van der Waals surface area contributed by atoms with E-state index in [1.165, 1.54) is 6.07 Å². The molecule has 12 heteroatoms. The fourth-order valence-corrected chi connectivity index (χ4v) is 9.03. The largest absolute Gasteiger partial charge is 0.383 e. The molecule has 9 nitrogen and oxygen atoms in total. The minimum atomic E-state index is -4.10. The first kappa shape index (κ1) is 28.6. The van der Waals surface area contributed by atoms with Crippen LogP contribution in [0.25, 0.3) is 17.4 Å². The maximum atomic E-state index is 14.0. The van der Waals surface area contributed by atoms with Gasteiger partial charge in [0.1, 0.15) is 21.9 Å². The molecule has 228 valence electrons. The summed E-state index contributed by atoms with van der Waals surface area (Å²) in [5.74, 6) is -2.49. The van der Waals surface area contributed by atoms with Gasteiger partial charge in [0.25, 0.3) is 5.91 Å². The Morgan fingerprint density at radius 3 is 2.50 bits per heavy atom. The molecule has 0 saturated heterocycles. The number of aromatic nitrogens is 2. The number of aliphatic hydroxyl groups is 1. The molecule has 4 aromatic rings. The summed E-state index contributed by atoms with van der Waals surface area (Å²) in [5, 5.41) is 18.4.